The number of nitrogens with one attached hydrogen (secondary N) is 2. The molecule has 0 fully saturated rings. The van der Waals surface area contributed by atoms with Crippen molar-refractivity contribution in [3.8, 4) is 0 Å². The zero-order chi connectivity index (χ0) is 23.7. The molecule has 0 aliphatic carbocycles. The van der Waals surface area contributed by atoms with Crippen LogP contribution in [-0.4, -0.2) is 17.7 Å². The lowest BCUT2D eigenvalue weighted by Gasteiger charge is -2.15. The lowest BCUT2D eigenvalue weighted by atomic mass is 10.1. The summed E-state index contributed by atoms with van der Waals surface area (Å²) in [5.74, 6) is -2.54. The highest BCUT2D eigenvalue weighted by molar-refractivity contribution is 6.53. The Hall–Kier alpha value is -3.68. The second kappa shape index (κ2) is 9.05. The van der Waals surface area contributed by atoms with Crippen LogP contribution in [0, 0.1) is 12.7 Å². The number of imide groups is 1. The molecule has 33 heavy (non-hydrogen) atoms. The first-order valence-corrected chi connectivity index (χ1v) is 10.5. The summed E-state index contributed by atoms with van der Waals surface area (Å²) in [5, 5.41) is 5.03. The summed E-state index contributed by atoms with van der Waals surface area (Å²) in [4.78, 5) is 38.9. The molecule has 3 aromatic carbocycles. The van der Waals surface area contributed by atoms with Gasteiger partial charge in [0.1, 0.15) is 16.5 Å². The molecule has 6 nitrogen and oxygen atoms in total. The molecular weight excluding hydrogens is 468 g/mol. The molecule has 0 aromatic heterocycles. The minimum Gasteiger partial charge on any atom is -0.350 e. The van der Waals surface area contributed by atoms with Crippen LogP contribution in [0.25, 0.3) is 0 Å². The Bertz CT molecular complexity index is 1320. The summed E-state index contributed by atoms with van der Waals surface area (Å²) in [5.41, 5.74) is 2.32. The number of carbonyl (C=O) groups excluding carboxylic acids is 3. The molecule has 1 heterocycles. The molecule has 0 spiro atoms. The normalized spacial score (nSPS) is 13.5. The van der Waals surface area contributed by atoms with E-state index in [1.54, 1.807) is 30.3 Å². The predicted octanol–water partition coefficient (Wildman–Crippen LogP) is 5.48. The molecule has 0 saturated carbocycles. The smallest absolute Gasteiger partial charge is 0.283 e. The first-order chi connectivity index (χ1) is 15.7. The maximum absolute atomic E-state index is 13.5. The van der Waals surface area contributed by atoms with Gasteiger partial charge in [-0.1, -0.05) is 47.0 Å². The van der Waals surface area contributed by atoms with Gasteiger partial charge >= 0.3 is 0 Å². The fourth-order valence-electron chi connectivity index (χ4n) is 3.19. The third kappa shape index (κ3) is 4.60. The highest BCUT2D eigenvalue weighted by Gasteiger charge is 2.39. The number of halogens is 3. The molecule has 3 aromatic rings. The molecule has 0 bridgehead atoms. The van der Waals surface area contributed by atoms with E-state index in [-0.39, 0.29) is 27.3 Å². The summed E-state index contributed by atoms with van der Waals surface area (Å²) in [7, 11) is 0. The Morgan fingerprint density at radius 3 is 2.33 bits per heavy atom. The molecule has 1 aliphatic heterocycles. The number of amides is 3. The van der Waals surface area contributed by atoms with Crippen LogP contribution in [0.3, 0.4) is 0 Å². The molecule has 0 radical (unpaired) electrons. The number of aryl methyl sites for hydroxylation is 1. The monoisotopic (exact) mass is 483 g/mol. The molecule has 1 aliphatic rings. The zero-order valence-corrected chi connectivity index (χ0v) is 18.7. The molecule has 3 amide bonds. The summed E-state index contributed by atoms with van der Waals surface area (Å²) in [6.07, 6.45) is 0. The minimum absolute atomic E-state index is 0.0811. The maximum Gasteiger partial charge on any atom is 0.283 e. The van der Waals surface area contributed by atoms with E-state index in [9.17, 15) is 18.8 Å². The number of carbonyl (C=O) groups is 3. The van der Waals surface area contributed by atoms with E-state index in [2.05, 4.69) is 10.6 Å². The fourth-order valence-corrected chi connectivity index (χ4v) is 3.58. The predicted molar refractivity (Wildman–Crippen MR) is 126 cm³/mol. The largest absolute Gasteiger partial charge is 0.350 e. The van der Waals surface area contributed by atoms with E-state index >= 15 is 0 Å². The first-order valence-electron chi connectivity index (χ1n) is 9.73. The van der Waals surface area contributed by atoms with E-state index in [4.69, 9.17) is 23.2 Å². The van der Waals surface area contributed by atoms with Crippen LogP contribution in [0.5, 0.6) is 0 Å². The van der Waals surface area contributed by atoms with Crippen LogP contribution in [0.15, 0.2) is 77.5 Å². The van der Waals surface area contributed by atoms with Gasteiger partial charge in [0.15, 0.2) is 0 Å². The number of nitrogens with zero attached hydrogens (tertiary/aromatic N) is 1. The Labute approximate surface area is 198 Å². The first kappa shape index (κ1) is 22.5. The molecular formula is C24H16Cl2FN3O3. The molecule has 2 N–H and O–H groups in total. The Balaban J connectivity index is 1.54. The number of rotatable bonds is 5. The van der Waals surface area contributed by atoms with Gasteiger partial charge < -0.3 is 10.6 Å². The van der Waals surface area contributed by atoms with E-state index in [0.717, 1.165) is 22.6 Å². The van der Waals surface area contributed by atoms with Crippen molar-refractivity contribution in [2.24, 2.45) is 0 Å². The number of hydrogen-bond acceptors (Lipinski definition) is 4. The van der Waals surface area contributed by atoms with E-state index in [0.29, 0.717) is 16.9 Å². The van der Waals surface area contributed by atoms with Crippen LogP contribution in [0.4, 0.5) is 21.5 Å². The van der Waals surface area contributed by atoms with Crippen molar-refractivity contribution in [3.05, 3.63) is 99.4 Å². The van der Waals surface area contributed by atoms with Crippen molar-refractivity contribution < 1.29 is 18.8 Å². The lowest BCUT2D eigenvalue weighted by Crippen LogP contribution is -2.32. The summed E-state index contributed by atoms with van der Waals surface area (Å²) < 4.78 is 13.5. The van der Waals surface area contributed by atoms with E-state index < -0.39 is 17.6 Å². The average molecular weight is 484 g/mol. The third-order valence-electron chi connectivity index (χ3n) is 4.89. The minimum atomic E-state index is -0.778. The molecule has 9 heteroatoms. The van der Waals surface area contributed by atoms with Crippen molar-refractivity contribution in [3.63, 3.8) is 0 Å². The van der Waals surface area contributed by atoms with Crippen LogP contribution in [0.2, 0.25) is 5.02 Å². The second-order valence-corrected chi connectivity index (χ2v) is 8.04. The Kier molecular flexibility index (Phi) is 6.18. The van der Waals surface area contributed by atoms with Gasteiger partial charge in [-0.2, -0.15) is 0 Å². The van der Waals surface area contributed by atoms with Gasteiger partial charge in [-0.25, -0.2) is 9.29 Å². The highest BCUT2D eigenvalue weighted by Crippen LogP contribution is 2.32. The summed E-state index contributed by atoms with van der Waals surface area (Å²) in [6.45, 7) is 1.95. The van der Waals surface area contributed by atoms with Crippen LogP contribution in [-0.2, 0) is 9.59 Å². The van der Waals surface area contributed by atoms with Crippen molar-refractivity contribution >= 4 is 58.0 Å². The fraction of sp³-hybridized carbons (Fsp3) is 0.0417. The van der Waals surface area contributed by atoms with Gasteiger partial charge in [-0.3, -0.25) is 14.4 Å². The molecule has 0 saturated heterocycles. The number of anilines is 3. The van der Waals surface area contributed by atoms with Gasteiger partial charge in [0.2, 0.25) is 0 Å². The molecule has 0 atom stereocenters. The van der Waals surface area contributed by atoms with Gasteiger partial charge in [-0.15, -0.1) is 0 Å². The Morgan fingerprint density at radius 1 is 0.909 bits per heavy atom. The zero-order valence-electron chi connectivity index (χ0n) is 17.2. The van der Waals surface area contributed by atoms with Crippen molar-refractivity contribution in [2.45, 2.75) is 6.92 Å². The van der Waals surface area contributed by atoms with E-state index in [1.165, 1.54) is 12.1 Å². The van der Waals surface area contributed by atoms with Crippen molar-refractivity contribution in [2.75, 3.05) is 15.5 Å². The maximum atomic E-state index is 13.5. The van der Waals surface area contributed by atoms with Crippen molar-refractivity contribution in [1.29, 1.82) is 0 Å². The number of hydrogen-bond donors (Lipinski definition) is 2. The topological polar surface area (TPSA) is 78.5 Å². The average Bonchev–Trinajstić information content (AvgIpc) is 3.00. The summed E-state index contributed by atoms with van der Waals surface area (Å²) in [6, 6.07) is 17.2. The summed E-state index contributed by atoms with van der Waals surface area (Å²) >= 11 is 11.9. The number of benzene rings is 3. The van der Waals surface area contributed by atoms with Gasteiger partial charge in [0.05, 0.1) is 10.7 Å². The van der Waals surface area contributed by atoms with Crippen LogP contribution in [0.1, 0.15) is 15.9 Å². The Morgan fingerprint density at radius 2 is 1.64 bits per heavy atom. The van der Waals surface area contributed by atoms with E-state index in [1.807, 2.05) is 19.1 Å². The van der Waals surface area contributed by atoms with Gasteiger partial charge in [0.25, 0.3) is 17.7 Å². The van der Waals surface area contributed by atoms with Gasteiger partial charge in [-0.05, 0) is 55.5 Å². The second-order valence-electron chi connectivity index (χ2n) is 7.26. The van der Waals surface area contributed by atoms with Crippen molar-refractivity contribution in [1.82, 2.24) is 0 Å². The molecule has 166 valence electrons. The highest BCUT2D eigenvalue weighted by atomic mass is 35.5. The van der Waals surface area contributed by atoms with Crippen LogP contribution < -0.4 is 15.5 Å². The third-order valence-corrected chi connectivity index (χ3v) is 5.53. The SMILES string of the molecule is Cc1ccc(NC(=O)c2cccc(NC3=C(Cl)C(=O)N(c4ccc(F)c(Cl)c4)C3=O)c2)cc1. The standard InChI is InChI=1S/C24H16Cl2FN3O3/c1-13-5-7-15(8-6-13)29-22(31)14-3-2-4-16(11-14)28-21-20(26)23(32)30(24(21)33)17-9-10-19(27)18(25)12-17/h2-12,28H,1H3,(H,29,31). The molecule has 4 rings (SSSR count). The lowest BCUT2D eigenvalue weighted by molar-refractivity contribution is -0.120. The van der Waals surface area contributed by atoms with Crippen LogP contribution >= 0.6 is 23.2 Å². The van der Waals surface area contributed by atoms with Gasteiger partial charge in [0, 0.05) is 16.9 Å². The molecule has 0 unspecified atom stereocenters. The quantitative estimate of drug-likeness (QED) is 0.471.